The van der Waals surface area contributed by atoms with Gasteiger partial charge in [-0.2, -0.15) is 0 Å². The van der Waals surface area contributed by atoms with Crippen LogP contribution in [0.4, 0.5) is 28.4 Å². The molecule has 0 unspecified atom stereocenters. The molecule has 0 saturated carbocycles. The Morgan fingerprint density at radius 3 is 1.88 bits per heavy atom. The van der Waals surface area contributed by atoms with Crippen LogP contribution < -0.4 is 26.2 Å². The highest BCUT2D eigenvalue weighted by molar-refractivity contribution is 7.00. The third-order valence-corrected chi connectivity index (χ3v) is 9.35. The van der Waals surface area contributed by atoms with Crippen molar-refractivity contribution in [2.24, 2.45) is 0 Å². The number of aromatic nitrogens is 1. The maximum atomic E-state index is 4.26. The van der Waals surface area contributed by atoms with Crippen LogP contribution in [0, 0.1) is 0 Å². The summed E-state index contributed by atoms with van der Waals surface area (Å²) in [5.41, 5.74) is 15.7. The van der Waals surface area contributed by atoms with Gasteiger partial charge in [-0.1, -0.05) is 117 Å². The Balaban J connectivity index is 1.68. The largest absolute Gasteiger partial charge is 0.312 e. The first kappa shape index (κ1) is 30.6. The Morgan fingerprint density at radius 1 is 0.646 bits per heavy atom. The van der Waals surface area contributed by atoms with Crippen LogP contribution in [-0.2, 0) is 0 Å². The summed E-state index contributed by atoms with van der Waals surface area (Å²) in [6, 6.07) is 33.0. The lowest BCUT2D eigenvalue weighted by molar-refractivity contribution is 1.04. The number of nitrogens with zero attached hydrogens (tertiary/aromatic N) is 3. The minimum absolute atomic E-state index is 0.0443. The Kier molecular flexibility index (Phi) is 8.08. The fourth-order valence-electron chi connectivity index (χ4n) is 7.48. The Labute approximate surface area is 284 Å². The smallest absolute Gasteiger partial charge is 0.252 e. The maximum absolute atomic E-state index is 4.26. The van der Waals surface area contributed by atoms with Crippen LogP contribution in [-0.4, -0.2) is 11.3 Å². The van der Waals surface area contributed by atoms with Gasteiger partial charge in [-0.05, 0) is 84.9 Å². The van der Waals surface area contributed by atoms with Crippen molar-refractivity contribution in [1.29, 1.82) is 0 Å². The van der Waals surface area contributed by atoms with Crippen molar-refractivity contribution in [2.75, 3.05) is 9.80 Å². The molecule has 0 spiro atoms. The first-order valence-electron chi connectivity index (χ1n) is 16.4. The SMILES string of the molecule is C=C/C=C\c1c(C=C)c(C=C)c(/C=C\C)n1-c1cc2c3c(c1)N(c1ccccc1)c1ccccc1B3c1ccccc1N2/C(C=C)=C/C. The molecular formula is C44H38BN3. The first-order chi connectivity index (χ1) is 23.6. The van der Waals surface area contributed by atoms with Crippen LogP contribution in [0.1, 0.15) is 36.4 Å². The minimum Gasteiger partial charge on any atom is -0.312 e. The average Bonchev–Trinajstić information content (AvgIpc) is 3.43. The molecule has 0 saturated heterocycles. The van der Waals surface area contributed by atoms with E-state index in [0.29, 0.717) is 0 Å². The van der Waals surface area contributed by atoms with Gasteiger partial charge in [-0.25, -0.2) is 0 Å². The van der Waals surface area contributed by atoms with Gasteiger partial charge in [-0.15, -0.1) is 0 Å². The fraction of sp³-hybridized carbons (Fsp3) is 0.0455. The molecule has 7 rings (SSSR count). The molecule has 1 aromatic heterocycles. The molecule has 48 heavy (non-hydrogen) atoms. The van der Waals surface area contributed by atoms with E-state index in [1.807, 2.05) is 37.3 Å². The topological polar surface area (TPSA) is 11.4 Å². The van der Waals surface area contributed by atoms with Crippen molar-refractivity contribution >= 4 is 75.8 Å². The van der Waals surface area contributed by atoms with Crippen molar-refractivity contribution in [3.05, 3.63) is 176 Å². The summed E-state index contributed by atoms with van der Waals surface area (Å²) in [4.78, 5) is 4.80. The van der Waals surface area contributed by atoms with Crippen LogP contribution in [0.3, 0.4) is 0 Å². The molecule has 2 aliphatic heterocycles. The van der Waals surface area contributed by atoms with Gasteiger partial charge in [0.05, 0.1) is 17.1 Å². The molecule has 0 radical (unpaired) electrons. The number of anilines is 5. The summed E-state index contributed by atoms with van der Waals surface area (Å²) < 4.78 is 2.32. The number of hydrogen-bond donors (Lipinski definition) is 0. The van der Waals surface area contributed by atoms with Gasteiger partial charge < -0.3 is 14.4 Å². The summed E-state index contributed by atoms with van der Waals surface area (Å²) in [7, 11) is 0. The van der Waals surface area contributed by atoms with E-state index in [1.165, 1.54) is 22.1 Å². The van der Waals surface area contributed by atoms with E-state index in [1.54, 1.807) is 0 Å². The monoisotopic (exact) mass is 619 g/mol. The lowest BCUT2D eigenvalue weighted by Gasteiger charge is -2.44. The van der Waals surface area contributed by atoms with E-state index in [0.717, 1.165) is 56.6 Å². The van der Waals surface area contributed by atoms with Crippen LogP contribution in [0.5, 0.6) is 0 Å². The molecule has 3 heterocycles. The second-order valence-corrected chi connectivity index (χ2v) is 11.8. The van der Waals surface area contributed by atoms with Crippen molar-refractivity contribution < 1.29 is 0 Å². The van der Waals surface area contributed by atoms with E-state index >= 15 is 0 Å². The molecular weight excluding hydrogens is 581 g/mol. The zero-order valence-corrected chi connectivity index (χ0v) is 27.6. The number of rotatable bonds is 9. The minimum atomic E-state index is 0.0443. The Hall–Kier alpha value is -6.00. The molecule has 0 bridgehead atoms. The molecule has 0 N–H and O–H groups in total. The Morgan fingerprint density at radius 2 is 1.25 bits per heavy atom. The lowest BCUT2D eigenvalue weighted by Crippen LogP contribution is -2.61. The van der Waals surface area contributed by atoms with E-state index in [2.05, 4.69) is 163 Å². The predicted octanol–water partition coefficient (Wildman–Crippen LogP) is 9.84. The fourth-order valence-corrected chi connectivity index (χ4v) is 7.48. The van der Waals surface area contributed by atoms with Crippen LogP contribution in [0.25, 0.3) is 30.0 Å². The highest BCUT2D eigenvalue weighted by atomic mass is 15.2. The number of para-hydroxylation sites is 3. The Bertz CT molecular complexity index is 2190. The molecule has 232 valence electrons. The average molecular weight is 620 g/mol. The van der Waals surface area contributed by atoms with E-state index in [4.69, 9.17) is 0 Å². The maximum Gasteiger partial charge on any atom is 0.252 e. The molecule has 4 heteroatoms. The molecule has 0 atom stereocenters. The zero-order valence-electron chi connectivity index (χ0n) is 27.6. The van der Waals surface area contributed by atoms with Gasteiger partial charge in [0.1, 0.15) is 0 Å². The second-order valence-electron chi connectivity index (χ2n) is 11.8. The number of hydrogen-bond acceptors (Lipinski definition) is 2. The van der Waals surface area contributed by atoms with Crippen LogP contribution >= 0.6 is 0 Å². The summed E-state index contributed by atoms with van der Waals surface area (Å²) in [5, 5.41) is 0. The van der Waals surface area contributed by atoms with Crippen molar-refractivity contribution in [2.45, 2.75) is 13.8 Å². The molecule has 4 aromatic carbocycles. The molecule has 0 aliphatic carbocycles. The molecule has 5 aromatic rings. The van der Waals surface area contributed by atoms with Gasteiger partial charge in [0.2, 0.25) is 0 Å². The van der Waals surface area contributed by atoms with E-state index in [9.17, 15) is 0 Å². The van der Waals surface area contributed by atoms with Crippen LogP contribution in [0.2, 0.25) is 0 Å². The van der Waals surface area contributed by atoms with Gasteiger partial charge in [0.15, 0.2) is 0 Å². The summed E-state index contributed by atoms with van der Waals surface area (Å²) in [6.45, 7) is 20.8. The normalized spacial score (nSPS) is 13.4. The van der Waals surface area contributed by atoms with Crippen LogP contribution in [0.15, 0.2) is 153 Å². The third-order valence-electron chi connectivity index (χ3n) is 9.35. The summed E-state index contributed by atoms with van der Waals surface area (Å²) in [5.74, 6) is 0. The highest BCUT2D eigenvalue weighted by Crippen LogP contribution is 2.44. The van der Waals surface area contributed by atoms with Gasteiger partial charge in [-0.3, -0.25) is 0 Å². The van der Waals surface area contributed by atoms with Gasteiger partial charge >= 0.3 is 0 Å². The molecule has 3 nitrogen and oxygen atoms in total. The van der Waals surface area contributed by atoms with Crippen molar-refractivity contribution in [1.82, 2.24) is 4.57 Å². The zero-order chi connectivity index (χ0) is 33.4. The second kappa shape index (κ2) is 12.7. The molecule has 0 fully saturated rings. The number of allylic oxidation sites excluding steroid dienone is 5. The predicted molar refractivity (Wildman–Crippen MR) is 212 cm³/mol. The summed E-state index contributed by atoms with van der Waals surface area (Å²) in [6.07, 6.45) is 18.1. The van der Waals surface area contributed by atoms with Crippen molar-refractivity contribution in [3.63, 3.8) is 0 Å². The van der Waals surface area contributed by atoms with E-state index < -0.39 is 0 Å². The molecule has 0 amide bonds. The lowest BCUT2D eigenvalue weighted by atomic mass is 9.33. The standard InChI is InChI=1S/C44H38BN3/c1-7-13-26-39-35(12-6)34(11-5)38(21-8-2)48(39)33-29-42-44-43(30-33)47(32-22-15-14-16-23-32)41-28-20-18-25-37(41)45(44)36-24-17-19-27-40(36)46(42)31(9-3)10-4/h7-30H,1,3,5-6H2,2,4H3/b21-8-,26-13-,31-10+. The quantitative estimate of drug-likeness (QED) is 0.118. The number of fused-ring (bicyclic) bond motifs is 4. The van der Waals surface area contributed by atoms with Gasteiger partial charge in [0.25, 0.3) is 6.71 Å². The molecule has 2 aliphatic rings. The number of benzene rings is 4. The third kappa shape index (κ3) is 4.60. The first-order valence-corrected chi connectivity index (χ1v) is 16.4. The van der Waals surface area contributed by atoms with Gasteiger partial charge in [0, 0.05) is 45.3 Å². The van der Waals surface area contributed by atoms with Crippen molar-refractivity contribution in [3.8, 4) is 5.69 Å². The van der Waals surface area contributed by atoms with E-state index in [-0.39, 0.29) is 6.71 Å². The summed E-state index contributed by atoms with van der Waals surface area (Å²) >= 11 is 0. The highest BCUT2D eigenvalue weighted by Gasteiger charge is 2.43.